The molecule has 0 aromatic carbocycles. The lowest BCUT2D eigenvalue weighted by molar-refractivity contribution is -0.267. The van der Waals surface area contributed by atoms with Crippen molar-refractivity contribution in [3.8, 4) is 0 Å². The number of fused-ring (bicyclic) bond motifs is 1. The van der Waals surface area contributed by atoms with Crippen molar-refractivity contribution in [3.63, 3.8) is 0 Å². The Bertz CT molecular complexity index is 395. The molecule has 1 heterocycles. The molecule has 0 amide bonds. The van der Waals surface area contributed by atoms with E-state index in [2.05, 4.69) is 10.0 Å². The van der Waals surface area contributed by atoms with Crippen molar-refractivity contribution < 1.29 is 25.2 Å². The molecule has 8 nitrogen and oxygen atoms in total. The third kappa shape index (κ3) is 0.766. The van der Waals surface area contributed by atoms with E-state index in [0.29, 0.717) is 0 Å². The van der Waals surface area contributed by atoms with Crippen molar-refractivity contribution in [2.75, 3.05) is 6.61 Å². The van der Waals surface area contributed by atoms with Gasteiger partial charge < -0.3 is 25.2 Å². The van der Waals surface area contributed by atoms with Crippen LogP contribution < -0.4 is 0 Å². The summed E-state index contributed by atoms with van der Waals surface area (Å²) in [7, 11) is 0. The van der Waals surface area contributed by atoms with E-state index in [1.807, 2.05) is 0 Å². The number of aliphatic hydroxyl groups excluding tert-OH is 1. The maximum Gasteiger partial charge on any atom is 0.280 e. The molecule has 8 heteroatoms. The predicted molar refractivity (Wildman–Crippen MR) is 49.7 cm³/mol. The van der Waals surface area contributed by atoms with Crippen molar-refractivity contribution in [1.82, 2.24) is 0 Å². The van der Waals surface area contributed by atoms with Gasteiger partial charge in [-0.1, -0.05) is 13.8 Å². The molecule has 16 heavy (non-hydrogen) atoms. The third-order valence-corrected chi connectivity index (χ3v) is 3.94. The summed E-state index contributed by atoms with van der Waals surface area (Å²) >= 11 is 0. The molecule has 0 aromatic rings. The van der Waals surface area contributed by atoms with Crippen LogP contribution in [0, 0.1) is 5.41 Å². The Balaban J connectivity index is 2.55. The Hall–Kier alpha value is -0.890. The first-order valence-corrected chi connectivity index (χ1v) is 4.75. The van der Waals surface area contributed by atoms with Crippen LogP contribution in [0.3, 0.4) is 0 Å². The van der Waals surface area contributed by atoms with Gasteiger partial charge in [0.2, 0.25) is 0 Å². The minimum atomic E-state index is -2.56. The molecule has 0 radical (unpaired) electrons. The fourth-order valence-electron chi connectivity index (χ4n) is 2.85. The SMILES string of the molecule is CC1(C)[C@]2(O)[C@@]1(O)[C@H](CO)O[C@@]2(O)N=[N+]=[N-]. The molecular weight excluding hydrogens is 218 g/mol. The fourth-order valence-corrected chi connectivity index (χ4v) is 2.85. The van der Waals surface area contributed by atoms with E-state index in [9.17, 15) is 15.3 Å². The number of aliphatic hydroxyl groups is 4. The van der Waals surface area contributed by atoms with Crippen LogP contribution >= 0.6 is 0 Å². The second kappa shape index (κ2) is 2.67. The Morgan fingerprint density at radius 1 is 1.38 bits per heavy atom. The fraction of sp³-hybridized carbons (Fsp3) is 1.00. The second-order valence-corrected chi connectivity index (χ2v) is 4.69. The molecule has 0 unspecified atom stereocenters. The van der Waals surface area contributed by atoms with Crippen molar-refractivity contribution in [2.45, 2.75) is 37.1 Å². The van der Waals surface area contributed by atoms with E-state index in [-0.39, 0.29) is 0 Å². The van der Waals surface area contributed by atoms with E-state index in [1.54, 1.807) is 0 Å². The lowest BCUT2D eigenvalue weighted by Crippen LogP contribution is -2.46. The summed E-state index contributed by atoms with van der Waals surface area (Å²) in [6.07, 6.45) is -1.21. The molecule has 1 saturated heterocycles. The molecule has 1 aliphatic carbocycles. The first kappa shape index (κ1) is 11.6. The largest absolute Gasteiger partial charge is 0.394 e. The van der Waals surface area contributed by atoms with Crippen molar-refractivity contribution in [1.29, 1.82) is 0 Å². The Morgan fingerprint density at radius 2 is 1.94 bits per heavy atom. The average molecular weight is 231 g/mol. The summed E-state index contributed by atoms with van der Waals surface area (Å²) in [5.74, 6) is -2.56. The molecular formula is C8H13N3O5. The topological polar surface area (TPSA) is 139 Å². The summed E-state index contributed by atoms with van der Waals surface area (Å²) in [5, 5.41) is 42.3. The maximum absolute atomic E-state index is 10.2. The standard InChI is InChI=1S/C8H13N3O5/c1-5(2)6(13)4(3-12)16-8(15,10-11-9)7(5,6)14/h4,12-15H,3H2,1-2H3/t4-,6+,7-,8+/m0/s1. The van der Waals surface area contributed by atoms with Gasteiger partial charge in [0, 0.05) is 10.3 Å². The van der Waals surface area contributed by atoms with Gasteiger partial charge in [-0.05, 0) is 10.6 Å². The number of azide groups is 1. The van der Waals surface area contributed by atoms with Crippen LogP contribution in [-0.2, 0) is 4.74 Å². The molecule has 4 N–H and O–H groups in total. The highest BCUT2D eigenvalue weighted by Gasteiger charge is 2.96. The smallest absolute Gasteiger partial charge is 0.280 e. The number of hydrogen-bond donors (Lipinski definition) is 4. The molecule has 2 aliphatic rings. The molecule has 90 valence electrons. The zero-order valence-corrected chi connectivity index (χ0v) is 8.82. The minimum absolute atomic E-state index is 0.606. The highest BCUT2D eigenvalue weighted by molar-refractivity contribution is 5.41. The molecule has 1 aliphatic heterocycles. The van der Waals surface area contributed by atoms with E-state index >= 15 is 0 Å². The quantitative estimate of drug-likeness (QED) is 0.269. The molecule has 0 bridgehead atoms. The lowest BCUT2D eigenvalue weighted by Gasteiger charge is -2.29. The van der Waals surface area contributed by atoms with Gasteiger partial charge in [-0.25, -0.2) is 0 Å². The van der Waals surface area contributed by atoms with Crippen LogP contribution in [0.25, 0.3) is 10.4 Å². The molecule has 0 spiro atoms. The van der Waals surface area contributed by atoms with Crippen LogP contribution in [0.1, 0.15) is 13.8 Å². The van der Waals surface area contributed by atoms with Gasteiger partial charge in [-0.2, -0.15) is 0 Å². The summed E-state index contributed by atoms with van der Waals surface area (Å²) in [6.45, 7) is 2.36. The normalized spacial score (nSPS) is 53.0. The summed E-state index contributed by atoms with van der Waals surface area (Å²) in [6, 6.07) is 0. The number of hydrogen-bond acceptors (Lipinski definition) is 6. The van der Waals surface area contributed by atoms with Crippen LogP contribution in [0.4, 0.5) is 0 Å². The molecule has 4 atom stereocenters. The molecule has 2 rings (SSSR count). The number of ether oxygens (including phenoxy) is 1. The Kier molecular flexibility index (Phi) is 1.94. The minimum Gasteiger partial charge on any atom is -0.394 e. The van der Waals surface area contributed by atoms with E-state index < -0.39 is 35.2 Å². The third-order valence-electron chi connectivity index (χ3n) is 3.94. The van der Waals surface area contributed by atoms with Gasteiger partial charge in [0.05, 0.1) is 6.61 Å². The summed E-state index contributed by atoms with van der Waals surface area (Å²) in [4.78, 5) is 2.37. The van der Waals surface area contributed by atoms with Crippen LogP contribution in [-0.4, -0.2) is 50.3 Å². The molecule has 1 saturated carbocycles. The monoisotopic (exact) mass is 231 g/mol. The van der Waals surface area contributed by atoms with Crippen molar-refractivity contribution in [2.24, 2.45) is 10.5 Å². The zero-order valence-electron chi connectivity index (χ0n) is 8.82. The average Bonchev–Trinajstić information content (AvgIpc) is 2.47. The van der Waals surface area contributed by atoms with E-state index in [1.165, 1.54) is 13.8 Å². The van der Waals surface area contributed by atoms with Gasteiger partial charge in [0.25, 0.3) is 5.91 Å². The van der Waals surface area contributed by atoms with Crippen LogP contribution in [0.5, 0.6) is 0 Å². The predicted octanol–water partition coefficient (Wildman–Crippen LogP) is -1.16. The van der Waals surface area contributed by atoms with Gasteiger partial charge in [0.1, 0.15) is 11.7 Å². The first-order chi connectivity index (χ1) is 7.23. The van der Waals surface area contributed by atoms with Gasteiger partial charge in [0.15, 0.2) is 5.60 Å². The van der Waals surface area contributed by atoms with Crippen LogP contribution in [0.2, 0.25) is 0 Å². The second-order valence-electron chi connectivity index (χ2n) is 4.69. The van der Waals surface area contributed by atoms with E-state index in [4.69, 9.17) is 15.4 Å². The highest BCUT2D eigenvalue weighted by atomic mass is 16.7. The van der Waals surface area contributed by atoms with Crippen LogP contribution in [0.15, 0.2) is 5.11 Å². The van der Waals surface area contributed by atoms with Gasteiger partial charge in [-0.15, -0.1) is 0 Å². The summed E-state index contributed by atoms with van der Waals surface area (Å²) < 4.78 is 4.83. The van der Waals surface area contributed by atoms with Gasteiger partial charge >= 0.3 is 0 Å². The number of nitrogens with zero attached hydrogens (tertiary/aromatic N) is 3. The first-order valence-electron chi connectivity index (χ1n) is 4.75. The maximum atomic E-state index is 10.2. The van der Waals surface area contributed by atoms with Gasteiger partial charge in [-0.3, -0.25) is 0 Å². The molecule has 0 aromatic heterocycles. The highest BCUT2D eigenvalue weighted by Crippen LogP contribution is 2.75. The van der Waals surface area contributed by atoms with Crippen molar-refractivity contribution >= 4 is 0 Å². The zero-order chi connectivity index (χ0) is 12.4. The molecule has 2 fully saturated rings. The lowest BCUT2D eigenvalue weighted by atomic mass is 10.0. The Labute approximate surface area is 90.7 Å². The Morgan fingerprint density at radius 3 is 2.31 bits per heavy atom. The summed E-state index contributed by atoms with van der Waals surface area (Å²) in [5.41, 5.74) is 3.22. The van der Waals surface area contributed by atoms with E-state index in [0.717, 1.165) is 0 Å². The van der Waals surface area contributed by atoms with Crippen molar-refractivity contribution in [3.05, 3.63) is 10.4 Å². The number of rotatable bonds is 2.